The molecular formula is C23H22N6O3S. The SMILES string of the molecule is CC(=O)Nc1cc(C)nn1-c1ccc(NC(=O)c2ccccc2SCc2nc(C)no2)cc1. The van der Waals surface area contributed by atoms with Crippen molar-refractivity contribution in [2.75, 3.05) is 10.6 Å². The minimum atomic E-state index is -0.221. The quantitative estimate of drug-likeness (QED) is 0.392. The van der Waals surface area contributed by atoms with E-state index in [4.69, 9.17) is 4.52 Å². The summed E-state index contributed by atoms with van der Waals surface area (Å²) in [6, 6.07) is 16.4. The van der Waals surface area contributed by atoms with Crippen molar-refractivity contribution in [1.82, 2.24) is 19.9 Å². The van der Waals surface area contributed by atoms with Gasteiger partial charge in [0.2, 0.25) is 11.8 Å². The number of nitrogens with zero attached hydrogens (tertiary/aromatic N) is 4. The van der Waals surface area contributed by atoms with Crippen LogP contribution in [0.25, 0.3) is 5.69 Å². The van der Waals surface area contributed by atoms with Gasteiger partial charge >= 0.3 is 0 Å². The number of carbonyl (C=O) groups is 2. The highest BCUT2D eigenvalue weighted by Gasteiger charge is 2.14. The van der Waals surface area contributed by atoms with Crippen molar-refractivity contribution in [3.63, 3.8) is 0 Å². The molecule has 0 atom stereocenters. The fraction of sp³-hybridized carbons (Fsp3) is 0.174. The van der Waals surface area contributed by atoms with Gasteiger partial charge in [0.25, 0.3) is 5.91 Å². The molecule has 4 aromatic rings. The molecule has 168 valence electrons. The number of hydrogen-bond acceptors (Lipinski definition) is 7. The van der Waals surface area contributed by atoms with Crippen LogP contribution in [-0.4, -0.2) is 31.7 Å². The van der Waals surface area contributed by atoms with E-state index in [1.165, 1.54) is 18.7 Å². The molecule has 4 rings (SSSR count). The average Bonchev–Trinajstić information content (AvgIpc) is 3.37. The summed E-state index contributed by atoms with van der Waals surface area (Å²) < 4.78 is 6.79. The highest BCUT2D eigenvalue weighted by Crippen LogP contribution is 2.27. The van der Waals surface area contributed by atoms with Gasteiger partial charge in [-0.15, -0.1) is 11.8 Å². The maximum atomic E-state index is 12.9. The molecule has 0 radical (unpaired) electrons. The van der Waals surface area contributed by atoms with Gasteiger partial charge in [-0.25, -0.2) is 4.68 Å². The minimum Gasteiger partial charge on any atom is -0.338 e. The predicted molar refractivity (Wildman–Crippen MR) is 126 cm³/mol. The molecule has 10 heteroatoms. The van der Waals surface area contributed by atoms with Crippen LogP contribution in [0.2, 0.25) is 0 Å². The monoisotopic (exact) mass is 462 g/mol. The maximum absolute atomic E-state index is 12.9. The molecule has 2 amide bonds. The minimum absolute atomic E-state index is 0.175. The van der Waals surface area contributed by atoms with Crippen molar-refractivity contribution in [3.05, 3.63) is 77.6 Å². The molecule has 0 aliphatic carbocycles. The first-order chi connectivity index (χ1) is 15.9. The Morgan fingerprint density at radius 2 is 1.82 bits per heavy atom. The van der Waals surface area contributed by atoms with Gasteiger partial charge in [0, 0.05) is 23.6 Å². The standard InChI is InChI=1S/C23H22N6O3S/c1-14-12-21(25-16(3)30)29(27-14)18-10-8-17(9-11-18)26-23(31)19-6-4-5-7-20(19)33-13-22-24-15(2)28-32-22/h4-12H,13H2,1-3H3,(H,25,30)(H,26,31). The molecule has 0 spiro atoms. The molecule has 0 aliphatic heterocycles. The Balaban J connectivity index is 1.47. The molecule has 2 N–H and O–H groups in total. The van der Waals surface area contributed by atoms with Crippen LogP contribution >= 0.6 is 11.8 Å². The summed E-state index contributed by atoms with van der Waals surface area (Å²) in [5.74, 6) is 1.75. The number of aromatic nitrogens is 4. The second-order valence-corrected chi connectivity index (χ2v) is 8.30. The Hall–Kier alpha value is -3.92. The van der Waals surface area contributed by atoms with Crippen LogP contribution in [-0.2, 0) is 10.5 Å². The average molecular weight is 463 g/mol. The van der Waals surface area contributed by atoms with E-state index in [-0.39, 0.29) is 11.8 Å². The number of thioether (sulfide) groups is 1. The van der Waals surface area contributed by atoms with Gasteiger partial charge in [-0.1, -0.05) is 17.3 Å². The third-order valence-corrected chi connectivity index (χ3v) is 5.62. The fourth-order valence-electron chi connectivity index (χ4n) is 3.17. The van der Waals surface area contributed by atoms with Crippen LogP contribution in [0.15, 0.2) is 64.0 Å². The zero-order chi connectivity index (χ0) is 23.4. The van der Waals surface area contributed by atoms with Crippen molar-refractivity contribution < 1.29 is 14.1 Å². The smallest absolute Gasteiger partial charge is 0.256 e. The molecule has 0 aliphatic rings. The van der Waals surface area contributed by atoms with E-state index in [1.807, 2.05) is 37.3 Å². The maximum Gasteiger partial charge on any atom is 0.256 e. The van der Waals surface area contributed by atoms with Gasteiger partial charge in [0.05, 0.1) is 22.7 Å². The summed E-state index contributed by atoms with van der Waals surface area (Å²) in [6.07, 6.45) is 0. The van der Waals surface area contributed by atoms with Crippen molar-refractivity contribution >= 4 is 35.1 Å². The van der Waals surface area contributed by atoms with Crippen LogP contribution in [0.3, 0.4) is 0 Å². The Morgan fingerprint density at radius 1 is 1.06 bits per heavy atom. The van der Waals surface area contributed by atoms with Crippen LogP contribution in [0, 0.1) is 13.8 Å². The third-order valence-electron chi connectivity index (χ3n) is 4.56. The summed E-state index contributed by atoms with van der Waals surface area (Å²) in [5.41, 5.74) is 2.73. The molecular weight excluding hydrogens is 440 g/mol. The van der Waals surface area contributed by atoms with Gasteiger partial charge in [-0.05, 0) is 50.2 Å². The predicted octanol–water partition coefficient (Wildman–Crippen LogP) is 4.38. The molecule has 0 fully saturated rings. The number of nitrogens with one attached hydrogen (secondary N) is 2. The van der Waals surface area contributed by atoms with Crippen LogP contribution in [0.4, 0.5) is 11.5 Å². The van der Waals surface area contributed by atoms with Crippen LogP contribution in [0.5, 0.6) is 0 Å². The first-order valence-electron chi connectivity index (χ1n) is 10.2. The summed E-state index contributed by atoms with van der Waals surface area (Å²) in [5, 5.41) is 13.9. The molecule has 2 aromatic heterocycles. The molecule has 0 unspecified atom stereocenters. The first-order valence-corrected chi connectivity index (χ1v) is 11.1. The van der Waals surface area contributed by atoms with Crippen molar-refractivity contribution in [2.45, 2.75) is 31.4 Å². The molecule has 0 saturated heterocycles. The Bertz CT molecular complexity index is 1300. The number of benzene rings is 2. The number of amides is 2. The van der Waals surface area contributed by atoms with Crippen molar-refractivity contribution in [1.29, 1.82) is 0 Å². The van der Waals surface area contributed by atoms with Gasteiger partial charge < -0.3 is 15.2 Å². The lowest BCUT2D eigenvalue weighted by molar-refractivity contribution is -0.114. The highest BCUT2D eigenvalue weighted by atomic mass is 32.2. The number of carbonyl (C=O) groups excluding carboxylic acids is 2. The summed E-state index contributed by atoms with van der Waals surface area (Å²) in [7, 11) is 0. The van der Waals surface area contributed by atoms with E-state index >= 15 is 0 Å². The lowest BCUT2D eigenvalue weighted by Crippen LogP contribution is -2.13. The molecule has 0 saturated carbocycles. The summed E-state index contributed by atoms with van der Waals surface area (Å²) in [6.45, 7) is 5.06. The number of hydrogen-bond donors (Lipinski definition) is 2. The second kappa shape index (κ2) is 9.70. The van der Waals surface area contributed by atoms with E-state index < -0.39 is 0 Å². The van der Waals surface area contributed by atoms with Gasteiger partial charge in [-0.3, -0.25) is 9.59 Å². The highest BCUT2D eigenvalue weighted by molar-refractivity contribution is 7.98. The van der Waals surface area contributed by atoms with Gasteiger partial charge in [0.15, 0.2) is 5.82 Å². The molecule has 9 nitrogen and oxygen atoms in total. The zero-order valence-corrected chi connectivity index (χ0v) is 19.1. The zero-order valence-electron chi connectivity index (χ0n) is 18.3. The summed E-state index contributed by atoms with van der Waals surface area (Å²) in [4.78, 5) is 29.4. The third kappa shape index (κ3) is 5.47. The van der Waals surface area contributed by atoms with E-state index in [9.17, 15) is 9.59 Å². The van der Waals surface area contributed by atoms with Crippen molar-refractivity contribution in [3.8, 4) is 5.69 Å². The molecule has 33 heavy (non-hydrogen) atoms. The van der Waals surface area contributed by atoms with Gasteiger partial charge in [-0.2, -0.15) is 10.1 Å². The van der Waals surface area contributed by atoms with Crippen LogP contribution < -0.4 is 10.6 Å². The lowest BCUT2D eigenvalue weighted by Gasteiger charge is -2.11. The van der Waals surface area contributed by atoms with E-state index in [2.05, 4.69) is 25.9 Å². The second-order valence-electron chi connectivity index (χ2n) is 7.29. The summed E-state index contributed by atoms with van der Waals surface area (Å²) >= 11 is 1.46. The van der Waals surface area contributed by atoms with E-state index in [0.717, 1.165) is 16.3 Å². The lowest BCUT2D eigenvalue weighted by atomic mass is 10.2. The Morgan fingerprint density at radius 3 is 2.52 bits per heavy atom. The van der Waals surface area contributed by atoms with E-state index in [1.54, 1.807) is 35.9 Å². The number of aryl methyl sites for hydroxylation is 2. The van der Waals surface area contributed by atoms with Crippen LogP contribution in [0.1, 0.15) is 34.7 Å². The largest absolute Gasteiger partial charge is 0.338 e. The number of rotatable bonds is 7. The first kappa shape index (κ1) is 22.3. The Labute approximate surface area is 194 Å². The topological polar surface area (TPSA) is 115 Å². The fourth-order valence-corrected chi connectivity index (χ4v) is 4.06. The van der Waals surface area contributed by atoms with Gasteiger partial charge in [0.1, 0.15) is 5.82 Å². The van der Waals surface area contributed by atoms with Crippen molar-refractivity contribution in [2.24, 2.45) is 0 Å². The normalized spacial score (nSPS) is 10.8. The molecule has 2 aromatic carbocycles. The molecule has 2 heterocycles. The van der Waals surface area contributed by atoms with E-state index in [0.29, 0.717) is 34.5 Å². The number of anilines is 2. The molecule has 0 bridgehead atoms. The Kier molecular flexibility index (Phi) is 6.55.